The first-order valence-electron chi connectivity index (χ1n) is 14.9. The number of carbonyl (C=O) groups excluding carboxylic acids is 3. The lowest BCUT2D eigenvalue weighted by Gasteiger charge is -2.29. The molecule has 0 saturated carbocycles. The van der Waals surface area contributed by atoms with Crippen molar-refractivity contribution in [3.8, 4) is 11.1 Å². The third-order valence-corrected chi connectivity index (χ3v) is 7.35. The summed E-state index contributed by atoms with van der Waals surface area (Å²) in [5.41, 5.74) is 3.42. The van der Waals surface area contributed by atoms with Crippen LogP contribution in [-0.2, 0) is 25.7 Å². The summed E-state index contributed by atoms with van der Waals surface area (Å²) < 4.78 is 13.1. The third kappa shape index (κ3) is 7.58. The van der Waals surface area contributed by atoms with E-state index in [2.05, 4.69) is 45.2 Å². The fourth-order valence-corrected chi connectivity index (χ4v) is 5.21. The highest BCUT2D eigenvalue weighted by atomic mass is 16.6. The molecule has 4 aromatic rings. The number of hydrogen-bond acceptors (Lipinski definition) is 6. The Bertz CT molecular complexity index is 1630. The Balaban J connectivity index is 1.31. The second kappa shape index (κ2) is 13.0. The van der Waals surface area contributed by atoms with Crippen molar-refractivity contribution in [2.24, 2.45) is 0 Å². The number of nitrogens with one attached hydrogen (secondary N) is 3. The number of ether oxygens (including phenoxy) is 2. The van der Waals surface area contributed by atoms with Crippen LogP contribution in [0.15, 0.2) is 91.4 Å². The van der Waals surface area contributed by atoms with Crippen LogP contribution in [0.4, 0.5) is 10.6 Å². The summed E-state index contributed by atoms with van der Waals surface area (Å²) >= 11 is 0. The minimum atomic E-state index is -1.38. The summed E-state index contributed by atoms with van der Waals surface area (Å²) in [6.45, 7) is 8.39. The standard InChI is InChI=1S/C35H39N5O5/c1-34(2,3)45-33(43)39-35(4,5)32(42)37-28(21-44-20-23-13-7-6-8-14-23)31(41)38-29-19-40(22-36-29)30-26-17-11-9-15-24(26)25-16-10-12-18-27(25)30/h6-19,22,28,30H,20-21H2,1-5H3,(H,37,42)(H,38,41)(H,39,43)/t28-/m1/s1. The van der Waals surface area contributed by atoms with Crippen LogP contribution < -0.4 is 16.0 Å². The molecule has 3 N–H and O–H groups in total. The van der Waals surface area contributed by atoms with E-state index in [4.69, 9.17) is 9.47 Å². The average Bonchev–Trinajstić information content (AvgIpc) is 3.57. The Kier molecular flexibility index (Phi) is 9.06. The summed E-state index contributed by atoms with van der Waals surface area (Å²) in [6.07, 6.45) is 2.72. The van der Waals surface area contributed by atoms with E-state index in [9.17, 15) is 14.4 Å². The Morgan fingerprint density at radius 3 is 2.09 bits per heavy atom. The molecule has 5 rings (SSSR count). The molecular weight excluding hydrogens is 570 g/mol. The SMILES string of the molecule is CC(C)(C)OC(=O)NC(C)(C)C(=O)N[C@H](COCc1ccccc1)C(=O)Nc1cn(C2c3ccccc3-c3ccccc32)cn1. The molecule has 10 nitrogen and oxygen atoms in total. The van der Waals surface area contributed by atoms with Crippen LogP contribution in [0.2, 0.25) is 0 Å². The van der Waals surface area contributed by atoms with E-state index < -0.39 is 35.1 Å². The molecule has 0 aliphatic heterocycles. The topological polar surface area (TPSA) is 124 Å². The lowest BCUT2D eigenvalue weighted by Crippen LogP contribution is -2.59. The lowest BCUT2D eigenvalue weighted by molar-refractivity contribution is -0.131. The van der Waals surface area contributed by atoms with E-state index >= 15 is 0 Å². The molecule has 1 aliphatic carbocycles. The van der Waals surface area contributed by atoms with Crippen LogP contribution in [0, 0.1) is 0 Å². The van der Waals surface area contributed by atoms with E-state index in [0.29, 0.717) is 5.82 Å². The van der Waals surface area contributed by atoms with Crippen molar-refractivity contribution < 1.29 is 23.9 Å². The molecule has 10 heteroatoms. The minimum Gasteiger partial charge on any atom is -0.444 e. The van der Waals surface area contributed by atoms with Crippen molar-refractivity contribution >= 4 is 23.7 Å². The van der Waals surface area contributed by atoms with Crippen LogP contribution in [0.5, 0.6) is 0 Å². The quantitative estimate of drug-likeness (QED) is 0.194. The number of imidazole rings is 1. The van der Waals surface area contributed by atoms with E-state index in [1.807, 2.05) is 59.2 Å². The second-order valence-corrected chi connectivity index (χ2v) is 12.6. The fourth-order valence-electron chi connectivity index (χ4n) is 5.21. The van der Waals surface area contributed by atoms with Crippen molar-refractivity contribution in [1.82, 2.24) is 20.2 Å². The maximum absolute atomic E-state index is 13.6. The van der Waals surface area contributed by atoms with Crippen LogP contribution in [0.25, 0.3) is 11.1 Å². The van der Waals surface area contributed by atoms with Crippen molar-refractivity contribution in [3.63, 3.8) is 0 Å². The van der Waals surface area contributed by atoms with Crippen molar-refractivity contribution in [2.75, 3.05) is 11.9 Å². The van der Waals surface area contributed by atoms with Crippen LogP contribution in [0.1, 0.15) is 57.4 Å². The molecule has 1 aromatic heterocycles. The maximum atomic E-state index is 13.6. The van der Waals surface area contributed by atoms with Gasteiger partial charge in [0.05, 0.1) is 25.6 Å². The zero-order chi connectivity index (χ0) is 32.2. The summed E-state index contributed by atoms with van der Waals surface area (Å²) in [7, 11) is 0. The third-order valence-electron chi connectivity index (χ3n) is 7.35. The zero-order valence-corrected chi connectivity index (χ0v) is 26.2. The van der Waals surface area contributed by atoms with Gasteiger partial charge in [0.15, 0.2) is 5.82 Å². The fraction of sp³-hybridized carbons (Fsp3) is 0.314. The Hall–Kier alpha value is -4.96. The summed E-state index contributed by atoms with van der Waals surface area (Å²) in [5, 5.41) is 8.15. The van der Waals surface area contributed by atoms with Gasteiger partial charge in [-0.15, -0.1) is 0 Å². The Morgan fingerprint density at radius 1 is 0.867 bits per heavy atom. The predicted octanol–water partition coefficient (Wildman–Crippen LogP) is 5.44. The molecule has 0 spiro atoms. The van der Waals surface area contributed by atoms with Crippen LogP contribution in [0.3, 0.4) is 0 Å². The number of hydrogen-bond donors (Lipinski definition) is 3. The Morgan fingerprint density at radius 2 is 1.47 bits per heavy atom. The van der Waals surface area contributed by atoms with Gasteiger partial charge in [-0.25, -0.2) is 9.78 Å². The second-order valence-electron chi connectivity index (χ2n) is 12.6. The molecule has 1 heterocycles. The number of nitrogens with zero attached hydrogens (tertiary/aromatic N) is 2. The molecule has 0 saturated heterocycles. The Labute approximate surface area is 263 Å². The van der Waals surface area contributed by atoms with Gasteiger partial charge in [0, 0.05) is 6.20 Å². The van der Waals surface area contributed by atoms with Crippen LogP contribution >= 0.6 is 0 Å². The molecule has 234 valence electrons. The zero-order valence-electron chi connectivity index (χ0n) is 26.2. The number of alkyl carbamates (subject to hydrolysis) is 1. The largest absolute Gasteiger partial charge is 0.444 e. The van der Waals surface area contributed by atoms with E-state index in [1.165, 1.54) is 25.0 Å². The first kappa shape index (κ1) is 31.5. The molecule has 0 bridgehead atoms. The average molecular weight is 610 g/mol. The van der Waals surface area contributed by atoms with Gasteiger partial charge in [-0.05, 0) is 62.4 Å². The van der Waals surface area contributed by atoms with E-state index in [1.54, 1.807) is 33.3 Å². The van der Waals surface area contributed by atoms with Gasteiger partial charge in [0.25, 0.3) is 5.91 Å². The first-order chi connectivity index (χ1) is 21.4. The van der Waals surface area contributed by atoms with Crippen molar-refractivity contribution in [2.45, 2.75) is 64.4 Å². The number of carbonyl (C=O) groups is 3. The number of benzene rings is 3. The molecular formula is C35H39N5O5. The summed E-state index contributed by atoms with van der Waals surface area (Å²) in [5.74, 6) is -0.765. The number of fused-ring (bicyclic) bond motifs is 3. The maximum Gasteiger partial charge on any atom is 0.408 e. The summed E-state index contributed by atoms with van der Waals surface area (Å²) in [6, 6.07) is 24.8. The van der Waals surface area contributed by atoms with Gasteiger partial charge >= 0.3 is 6.09 Å². The highest BCUT2D eigenvalue weighted by Gasteiger charge is 2.35. The van der Waals surface area contributed by atoms with E-state index in [0.717, 1.165) is 16.7 Å². The van der Waals surface area contributed by atoms with Crippen molar-refractivity contribution in [3.05, 3.63) is 108 Å². The van der Waals surface area contributed by atoms with Gasteiger partial charge in [-0.3, -0.25) is 9.59 Å². The minimum absolute atomic E-state index is 0.0972. The first-order valence-corrected chi connectivity index (χ1v) is 14.9. The normalized spacial score (nSPS) is 13.4. The van der Waals surface area contributed by atoms with Gasteiger partial charge in [-0.2, -0.15) is 0 Å². The molecule has 45 heavy (non-hydrogen) atoms. The lowest BCUT2D eigenvalue weighted by atomic mass is 10.0. The van der Waals surface area contributed by atoms with Crippen LogP contribution in [-0.4, -0.2) is 51.2 Å². The summed E-state index contributed by atoms with van der Waals surface area (Å²) in [4.78, 5) is 43.8. The van der Waals surface area contributed by atoms with Crippen molar-refractivity contribution in [1.29, 1.82) is 0 Å². The number of aromatic nitrogens is 2. The highest BCUT2D eigenvalue weighted by molar-refractivity contribution is 5.98. The predicted molar refractivity (Wildman–Crippen MR) is 171 cm³/mol. The molecule has 1 atom stereocenters. The van der Waals surface area contributed by atoms with Gasteiger partial charge in [0.1, 0.15) is 17.2 Å². The monoisotopic (exact) mass is 609 g/mol. The van der Waals surface area contributed by atoms with Gasteiger partial charge in [-0.1, -0.05) is 78.9 Å². The number of anilines is 1. The molecule has 3 aromatic carbocycles. The molecule has 0 fully saturated rings. The van der Waals surface area contributed by atoms with E-state index in [-0.39, 0.29) is 19.3 Å². The number of amides is 3. The molecule has 0 radical (unpaired) electrons. The van der Waals surface area contributed by atoms with Gasteiger partial charge in [0.2, 0.25) is 5.91 Å². The molecule has 0 unspecified atom stereocenters. The molecule has 3 amide bonds. The van der Waals surface area contributed by atoms with Gasteiger partial charge < -0.3 is 30.0 Å². The smallest absolute Gasteiger partial charge is 0.408 e. The number of rotatable bonds is 10. The highest BCUT2D eigenvalue weighted by Crippen LogP contribution is 2.45. The molecule has 1 aliphatic rings.